The summed E-state index contributed by atoms with van der Waals surface area (Å²) in [6.07, 6.45) is 2.46. The summed E-state index contributed by atoms with van der Waals surface area (Å²) < 4.78 is 0. The molecule has 0 aromatic heterocycles. The topological polar surface area (TPSA) is 41.5 Å². The van der Waals surface area contributed by atoms with Crippen LogP contribution in [-0.2, 0) is 10.2 Å². The first kappa shape index (κ1) is 17.7. The van der Waals surface area contributed by atoms with Gasteiger partial charge >= 0.3 is 0 Å². The maximum absolute atomic E-state index is 12.2. The van der Waals surface area contributed by atoms with Crippen LogP contribution < -0.4 is 5.43 Å². The van der Waals surface area contributed by atoms with Crippen LogP contribution in [0.3, 0.4) is 0 Å². The highest BCUT2D eigenvalue weighted by atomic mass is 35.5. The highest BCUT2D eigenvalue weighted by Gasteiger charge is 2.43. The first-order valence-corrected chi connectivity index (χ1v) is 8.92. The van der Waals surface area contributed by atoms with Gasteiger partial charge in [-0.15, -0.1) is 0 Å². The number of rotatable bonds is 4. The summed E-state index contributed by atoms with van der Waals surface area (Å²) in [6, 6.07) is 16.0. The first-order valence-electron chi connectivity index (χ1n) is 8.54. The Hall–Kier alpha value is -2.13. The van der Waals surface area contributed by atoms with Crippen molar-refractivity contribution in [3.63, 3.8) is 0 Å². The van der Waals surface area contributed by atoms with Crippen molar-refractivity contribution < 1.29 is 4.79 Å². The lowest BCUT2D eigenvalue weighted by Crippen LogP contribution is -2.20. The average Bonchev–Trinajstić information content (AvgIpc) is 3.37. The number of hydrogen-bond acceptors (Lipinski definition) is 2. The molecule has 0 heterocycles. The first-order chi connectivity index (χ1) is 11.9. The SMILES string of the molecule is CC(C)(C)c1ccc([C@H]2C[C@H]2C(=O)NN=Cc2ccccc2Cl)cc1. The van der Waals surface area contributed by atoms with Crippen molar-refractivity contribution in [3.8, 4) is 0 Å². The predicted octanol–water partition coefficient (Wildman–Crippen LogP) is 4.89. The molecule has 0 aliphatic heterocycles. The minimum atomic E-state index is -0.0341. The van der Waals surface area contributed by atoms with Crippen molar-refractivity contribution >= 4 is 23.7 Å². The van der Waals surface area contributed by atoms with Crippen LogP contribution in [0, 0.1) is 5.92 Å². The fraction of sp³-hybridized carbons (Fsp3) is 0.333. The number of hydrazone groups is 1. The molecule has 3 rings (SSSR count). The molecular formula is C21H23ClN2O. The van der Waals surface area contributed by atoms with Crippen molar-refractivity contribution in [2.24, 2.45) is 11.0 Å². The third-order valence-electron chi connectivity index (χ3n) is 4.62. The summed E-state index contributed by atoms with van der Waals surface area (Å²) in [5.41, 5.74) is 6.09. The molecule has 1 fully saturated rings. The number of nitrogens with zero attached hydrogens (tertiary/aromatic N) is 1. The molecule has 2 aromatic rings. The molecule has 1 aliphatic carbocycles. The molecule has 1 aliphatic rings. The summed E-state index contributed by atoms with van der Waals surface area (Å²) in [5, 5.41) is 4.64. The smallest absolute Gasteiger partial charge is 0.243 e. The van der Waals surface area contributed by atoms with Crippen LogP contribution in [0.4, 0.5) is 0 Å². The molecule has 4 heteroatoms. The molecule has 0 spiro atoms. The van der Waals surface area contributed by atoms with Crippen molar-refractivity contribution in [3.05, 3.63) is 70.2 Å². The van der Waals surface area contributed by atoms with Crippen molar-refractivity contribution in [2.45, 2.75) is 38.5 Å². The van der Waals surface area contributed by atoms with E-state index in [-0.39, 0.29) is 17.2 Å². The summed E-state index contributed by atoms with van der Waals surface area (Å²) in [7, 11) is 0. The van der Waals surface area contributed by atoms with Gasteiger partial charge in [-0.25, -0.2) is 5.43 Å². The Morgan fingerprint density at radius 3 is 2.48 bits per heavy atom. The van der Waals surface area contributed by atoms with Gasteiger partial charge in [0.05, 0.1) is 6.21 Å². The predicted molar refractivity (Wildman–Crippen MR) is 103 cm³/mol. The van der Waals surface area contributed by atoms with E-state index in [2.05, 4.69) is 55.6 Å². The van der Waals surface area contributed by atoms with E-state index in [9.17, 15) is 4.79 Å². The highest BCUT2D eigenvalue weighted by Crippen LogP contribution is 2.47. The van der Waals surface area contributed by atoms with Gasteiger partial charge in [-0.05, 0) is 34.9 Å². The standard InChI is InChI=1S/C21H23ClN2O/c1-21(2,3)16-10-8-14(9-11-16)17-12-18(17)20(25)24-23-13-15-6-4-5-7-19(15)22/h4-11,13,17-18H,12H2,1-3H3,(H,24,25)/t17-,18-/m1/s1. The second-order valence-electron chi connectivity index (χ2n) is 7.58. The molecular weight excluding hydrogens is 332 g/mol. The Labute approximate surface area is 154 Å². The Balaban J connectivity index is 1.56. The zero-order valence-corrected chi connectivity index (χ0v) is 15.5. The van der Waals surface area contributed by atoms with E-state index in [4.69, 9.17) is 11.6 Å². The van der Waals surface area contributed by atoms with Gasteiger partial charge in [-0.1, -0.05) is 74.8 Å². The number of nitrogens with one attached hydrogen (secondary N) is 1. The molecule has 25 heavy (non-hydrogen) atoms. The van der Waals surface area contributed by atoms with Crippen molar-refractivity contribution in [1.82, 2.24) is 5.43 Å². The molecule has 1 saturated carbocycles. The average molecular weight is 355 g/mol. The highest BCUT2D eigenvalue weighted by molar-refractivity contribution is 6.33. The lowest BCUT2D eigenvalue weighted by molar-refractivity contribution is -0.122. The van der Waals surface area contributed by atoms with Crippen LogP contribution in [0.15, 0.2) is 53.6 Å². The molecule has 1 amide bonds. The van der Waals surface area contributed by atoms with Crippen LogP contribution >= 0.6 is 11.6 Å². The molecule has 130 valence electrons. The van der Waals surface area contributed by atoms with Crippen molar-refractivity contribution in [2.75, 3.05) is 0 Å². The van der Waals surface area contributed by atoms with Crippen LogP contribution in [-0.4, -0.2) is 12.1 Å². The molecule has 0 saturated heterocycles. The Morgan fingerprint density at radius 2 is 1.84 bits per heavy atom. The fourth-order valence-corrected chi connectivity index (χ4v) is 3.10. The van der Waals surface area contributed by atoms with Gasteiger partial charge in [0.15, 0.2) is 0 Å². The van der Waals surface area contributed by atoms with Crippen LogP contribution in [0.2, 0.25) is 5.02 Å². The largest absolute Gasteiger partial charge is 0.273 e. The van der Waals surface area contributed by atoms with E-state index < -0.39 is 0 Å². The summed E-state index contributed by atoms with van der Waals surface area (Å²) in [4.78, 5) is 12.2. The maximum atomic E-state index is 12.2. The number of benzene rings is 2. The maximum Gasteiger partial charge on any atom is 0.243 e. The Morgan fingerprint density at radius 1 is 1.16 bits per heavy atom. The fourth-order valence-electron chi connectivity index (χ4n) is 2.91. The molecule has 1 N–H and O–H groups in total. The van der Waals surface area contributed by atoms with Crippen LogP contribution in [0.5, 0.6) is 0 Å². The second-order valence-corrected chi connectivity index (χ2v) is 7.98. The van der Waals surface area contributed by atoms with E-state index in [1.54, 1.807) is 12.3 Å². The van der Waals surface area contributed by atoms with Crippen LogP contribution in [0.25, 0.3) is 0 Å². The second kappa shape index (κ2) is 7.01. The number of carbonyl (C=O) groups is 1. The number of halogens is 1. The summed E-state index contributed by atoms with van der Waals surface area (Å²) in [6.45, 7) is 6.60. The summed E-state index contributed by atoms with van der Waals surface area (Å²) >= 11 is 6.06. The van der Waals surface area contributed by atoms with Crippen molar-refractivity contribution in [1.29, 1.82) is 0 Å². The lowest BCUT2D eigenvalue weighted by atomic mass is 9.86. The third-order valence-corrected chi connectivity index (χ3v) is 4.96. The van der Waals surface area contributed by atoms with E-state index in [0.717, 1.165) is 12.0 Å². The van der Waals surface area contributed by atoms with Crippen LogP contribution in [0.1, 0.15) is 49.8 Å². The number of carbonyl (C=O) groups excluding carboxylic acids is 1. The number of hydrogen-bond donors (Lipinski definition) is 1. The minimum Gasteiger partial charge on any atom is -0.273 e. The van der Waals surface area contributed by atoms with Gasteiger partial charge in [0.1, 0.15) is 0 Å². The molecule has 2 aromatic carbocycles. The van der Waals surface area contributed by atoms with Gasteiger partial charge in [0, 0.05) is 16.5 Å². The molecule has 0 bridgehead atoms. The summed E-state index contributed by atoms with van der Waals surface area (Å²) in [5.74, 6) is 0.265. The van der Waals surface area contributed by atoms with Gasteiger partial charge in [-0.3, -0.25) is 4.79 Å². The molecule has 3 nitrogen and oxygen atoms in total. The molecule has 0 unspecified atom stereocenters. The zero-order valence-electron chi connectivity index (χ0n) is 14.8. The van der Waals surface area contributed by atoms with Gasteiger partial charge in [-0.2, -0.15) is 5.10 Å². The normalized spacial score (nSPS) is 19.8. The minimum absolute atomic E-state index is 0.00359. The zero-order chi connectivity index (χ0) is 18.0. The van der Waals surface area contributed by atoms with E-state index >= 15 is 0 Å². The van der Waals surface area contributed by atoms with Gasteiger partial charge in [0.25, 0.3) is 0 Å². The van der Waals surface area contributed by atoms with Gasteiger partial charge in [0.2, 0.25) is 5.91 Å². The third kappa shape index (κ3) is 4.29. The lowest BCUT2D eigenvalue weighted by Gasteiger charge is -2.19. The van der Waals surface area contributed by atoms with Gasteiger partial charge < -0.3 is 0 Å². The van der Waals surface area contributed by atoms with E-state index in [0.29, 0.717) is 10.9 Å². The Kier molecular flexibility index (Phi) is 4.96. The monoisotopic (exact) mass is 354 g/mol. The van der Waals surface area contributed by atoms with E-state index in [1.807, 2.05) is 18.2 Å². The molecule has 2 atom stereocenters. The van der Waals surface area contributed by atoms with E-state index in [1.165, 1.54) is 11.1 Å². The quantitative estimate of drug-likeness (QED) is 0.616. The molecule has 0 radical (unpaired) electrons. The number of amides is 1. The Bertz CT molecular complexity index is 790.